The van der Waals surface area contributed by atoms with Gasteiger partial charge in [0.05, 0.1) is 17.9 Å². The maximum Gasteiger partial charge on any atom is 0.253 e. The monoisotopic (exact) mass is 513 g/mol. The van der Waals surface area contributed by atoms with E-state index in [0.717, 1.165) is 12.8 Å². The molecular formula is C27H32ClN3O5. The normalized spacial score (nSPS) is 31.4. The zero-order valence-corrected chi connectivity index (χ0v) is 21.1. The third-order valence-electron chi connectivity index (χ3n) is 7.81. The summed E-state index contributed by atoms with van der Waals surface area (Å²) < 4.78 is 6.59. The molecule has 1 aromatic carbocycles. The highest BCUT2D eigenvalue weighted by Gasteiger charge is 2.71. The highest BCUT2D eigenvalue weighted by Crippen LogP contribution is 2.53. The van der Waals surface area contributed by atoms with Crippen molar-refractivity contribution in [2.75, 3.05) is 38.2 Å². The summed E-state index contributed by atoms with van der Waals surface area (Å²) in [4.78, 5) is 46.5. The second-order valence-corrected chi connectivity index (χ2v) is 10.4. The molecular weight excluding hydrogens is 482 g/mol. The fourth-order valence-corrected chi connectivity index (χ4v) is 6.23. The van der Waals surface area contributed by atoms with Crippen LogP contribution in [-0.2, 0) is 19.1 Å². The lowest BCUT2D eigenvalue weighted by Gasteiger charge is -2.35. The standard InChI is InChI=1S/C27H32ClN3O5/c1-29-14-6-8-20-21(24(29)33)22-25(34)31(15-4-2-3-5-17-32)23-26(35)30(16-7-13-27(22,23)36-20)19-11-9-18(28)10-12-19/h6-13,20-23,32H,2-5,14-17H2,1H3/t20-,21+,22-,23?,27-/m0/s1. The van der Waals surface area contributed by atoms with E-state index in [1.807, 2.05) is 24.3 Å². The van der Waals surface area contributed by atoms with Crippen LogP contribution >= 0.6 is 11.6 Å². The first kappa shape index (κ1) is 25.0. The van der Waals surface area contributed by atoms with E-state index in [1.54, 1.807) is 46.0 Å². The average molecular weight is 514 g/mol. The predicted molar refractivity (Wildman–Crippen MR) is 135 cm³/mol. The summed E-state index contributed by atoms with van der Waals surface area (Å²) in [6, 6.07) is 6.18. The van der Waals surface area contributed by atoms with Crippen LogP contribution in [0.15, 0.2) is 48.6 Å². The number of halogens is 1. The Balaban J connectivity index is 1.53. The van der Waals surface area contributed by atoms with Gasteiger partial charge in [-0.15, -0.1) is 0 Å². The van der Waals surface area contributed by atoms with Crippen molar-refractivity contribution in [3.05, 3.63) is 53.6 Å². The molecule has 0 radical (unpaired) electrons. The number of fused-ring (bicyclic) bond motifs is 2. The Hall–Kier alpha value is -2.68. The summed E-state index contributed by atoms with van der Waals surface area (Å²) in [7, 11) is 1.73. The molecule has 36 heavy (non-hydrogen) atoms. The summed E-state index contributed by atoms with van der Waals surface area (Å²) in [5, 5.41) is 9.66. The second kappa shape index (κ2) is 10.00. The lowest BCUT2D eigenvalue weighted by atomic mass is 9.77. The molecule has 192 valence electrons. The Morgan fingerprint density at radius 2 is 1.75 bits per heavy atom. The largest absolute Gasteiger partial charge is 0.396 e. The number of likely N-dealkylation sites (tertiary alicyclic amines) is 1. The van der Waals surface area contributed by atoms with Crippen LogP contribution in [0.5, 0.6) is 0 Å². The molecule has 8 nitrogen and oxygen atoms in total. The summed E-state index contributed by atoms with van der Waals surface area (Å²) in [6.45, 7) is 1.31. The number of ether oxygens (including phenoxy) is 1. The molecule has 0 saturated carbocycles. The minimum Gasteiger partial charge on any atom is -0.396 e. The first-order chi connectivity index (χ1) is 17.4. The molecule has 9 heteroatoms. The smallest absolute Gasteiger partial charge is 0.253 e. The molecule has 1 spiro atoms. The quantitative estimate of drug-likeness (QED) is 0.446. The van der Waals surface area contributed by atoms with Gasteiger partial charge in [-0.2, -0.15) is 0 Å². The van der Waals surface area contributed by atoms with E-state index in [9.17, 15) is 14.4 Å². The van der Waals surface area contributed by atoms with Crippen molar-refractivity contribution < 1.29 is 24.2 Å². The van der Waals surface area contributed by atoms with Crippen molar-refractivity contribution in [3.63, 3.8) is 0 Å². The van der Waals surface area contributed by atoms with Crippen molar-refractivity contribution in [1.82, 2.24) is 9.80 Å². The van der Waals surface area contributed by atoms with Gasteiger partial charge in [0.25, 0.3) is 5.91 Å². The number of nitrogens with zero attached hydrogens (tertiary/aromatic N) is 3. The Kier molecular flexibility index (Phi) is 6.94. The van der Waals surface area contributed by atoms with Crippen LogP contribution in [0.2, 0.25) is 5.02 Å². The van der Waals surface area contributed by atoms with Crippen LogP contribution in [-0.4, -0.2) is 83.7 Å². The van der Waals surface area contributed by atoms with E-state index in [2.05, 4.69) is 0 Å². The van der Waals surface area contributed by atoms with E-state index < -0.39 is 29.6 Å². The van der Waals surface area contributed by atoms with Gasteiger partial charge < -0.3 is 24.5 Å². The summed E-state index contributed by atoms with van der Waals surface area (Å²) in [6.07, 6.45) is 10.0. The molecule has 5 rings (SSSR count). The molecule has 2 saturated heterocycles. The van der Waals surface area contributed by atoms with Gasteiger partial charge in [-0.05, 0) is 37.1 Å². The van der Waals surface area contributed by atoms with Gasteiger partial charge in [-0.1, -0.05) is 48.7 Å². The first-order valence-corrected chi connectivity index (χ1v) is 13.0. The molecule has 0 aliphatic carbocycles. The van der Waals surface area contributed by atoms with Gasteiger partial charge in [0.15, 0.2) is 0 Å². The van der Waals surface area contributed by atoms with Crippen molar-refractivity contribution in [3.8, 4) is 0 Å². The topological polar surface area (TPSA) is 90.4 Å². The van der Waals surface area contributed by atoms with Crippen LogP contribution in [0.1, 0.15) is 25.7 Å². The van der Waals surface area contributed by atoms with Gasteiger partial charge in [0.2, 0.25) is 11.8 Å². The van der Waals surface area contributed by atoms with E-state index in [4.69, 9.17) is 21.4 Å². The number of rotatable bonds is 7. The van der Waals surface area contributed by atoms with Gasteiger partial charge >= 0.3 is 0 Å². The number of likely N-dealkylation sites (N-methyl/N-ethyl adjacent to an activating group) is 1. The van der Waals surface area contributed by atoms with E-state index in [0.29, 0.717) is 43.2 Å². The zero-order valence-electron chi connectivity index (χ0n) is 20.4. The van der Waals surface area contributed by atoms with Crippen molar-refractivity contribution in [1.29, 1.82) is 0 Å². The molecule has 1 unspecified atom stereocenters. The van der Waals surface area contributed by atoms with Crippen molar-refractivity contribution in [2.24, 2.45) is 11.8 Å². The second-order valence-electron chi connectivity index (χ2n) is 9.99. The molecule has 0 bridgehead atoms. The molecule has 0 aromatic heterocycles. The van der Waals surface area contributed by atoms with Crippen LogP contribution in [0.25, 0.3) is 0 Å². The Labute approximate surface area is 216 Å². The maximum atomic E-state index is 14.2. The third-order valence-corrected chi connectivity index (χ3v) is 8.06. The number of anilines is 1. The lowest BCUT2D eigenvalue weighted by Crippen LogP contribution is -2.55. The Morgan fingerprint density at radius 3 is 2.50 bits per heavy atom. The fourth-order valence-electron chi connectivity index (χ4n) is 6.10. The number of carbonyl (C=O) groups is 3. The SMILES string of the molecule is CN1CC=C[C@@H]2O[C@]34C=CCN(c5ccc(Cl)cc5)C(=O)C3N(CCCCCCO)C(=O)[C@@H]4[C@@H]2C1=O. The third kappa shape index (κ3) is 4.05. The molecule has 3 amide bonds. The van der Waals surface area contributed by atoms with E-state index in [1.165, 1.54) is 0 Å². The number of amides is 3. The zero-order chi connectivity index (χ0) is 25.4. The van der Waals surface area contributed by atoms with Crippen molar-refractivity contribution >= 4 is 35.0 Å². The van der Waals surface area contributed by atoms with Gasteiger partial charge in [0.1, 0.15) is 11.6 Å². The minimum absolute atomic E-state index is 0.135. The fraction of sp³-hybridized carbons (Fsp3) is 0.519. The van der Waals surface area contributed by atoms with Crippen LogP contribution < -0.4 is 4.90 Å². The molecule has 4 aliphatic rings. The molecule has 4 heterocycles. The first-order valence-electron chi connectivity index (χ1n) is 12.6. The van der Waals surface area contributed by atoms with Crippen LogP contribution in [0.3, 0.4) is 0 Å². The summed E-state index contributed by atoms with van der Waals surface area (Å²) >= 11 is 6.08. The Bertz CT molecular complexity index is 1090. The molecule has 1 aromatic rings. The maximum absolute atomic E-state index is 14.2. The van der Waals surface area contributed by atoms with Gasteiger partial charge in [0, 0.05) is 44.0 Å². The van der Waals surface area contributed by atoms with E-state index >= 15 is 0 Å². The minimum atomic E-state index is -1.21. The van der Waals surface area contributed by atoms with Gasteiger partial charge in [-0.25, -0.2) is 0 Å². The number of hydrogen-bond donors (Lipinski definition) is 1. The number of benzene rings is 1. The van der Waals surface area contributed by atoms with Crippen LogP contribution in [0, 0.1) is 11.8 Å². The molecule has 1 N–H and O–H groups in total. The number of aliphatic hydroxyl groups is 1. The van der Waals surface area contributed by atoms with Crippen LogP contribution in [0.4, 0.5) is 5.69 Å². The van der Waals surface area contributed by atoms with E-state index in [-0.39, 0.29) is 24.3 Å². The van der Waals surface area contributed by atoms with Crippen molar-refractivity contribution in [2.45, 2.75) is 43.4 Å². The number of hydrogen-bond acceptors (Lipinski definition) is 5. The highest BCUT2D eigenvalue weighted by molar-refractivity contribution is 6.30. The predicted octanol–water partition coefficient (Wildman–Crippen LogP) is 2.40. The average Bonchev–Trinajstić information content (AvgIpc) is 3.18. The van der Waals surface area contributed by atoms with Gasteiger partial charge in [-0.3, -0.25) is 14.4 Å². The number of aliphatic hydroxyl groups excluding tert-OH is 1. The molecule has 5 atom stereocenters. The number of unbranched alkanes of at least 4 members (excludes halogenated alkanes) is 3. The lowest BCUT2D eigenvalue weighted by molar-refractivity contribution is -0.143. The summed E-state index contributed by atoms with van der Waals surface area (Å²) in [5.41, 5.74) is -0.527. The number of carbonyl (C=O) groups excluding carboxylic acids is 3. The Morgan fingerprint density at radius 1 is 1.00 bits per heavy atom. The molecule has 2 fully saturated rings. The highest BCUT2D eigenvalue weighted by atomic mass is 35.5. The summed E-state index contributed by atoms with van der Waals surface area (Å²) in [5.74, 6) is -2.02. The molecule has 4 aliphatic heterocycles.